The van der Waals surface area contributed by atoms with Crippen LogP contribution in [0.5, 0.6) is 0 Å². The Morgan fingerprint density at radius 3 is 0.754 bits per heavy atom. The minimum Gasteiger partial charge on any atom is -0.275 e. The van der Waals surface area contributed by atoms with Crippen LogP contribution in [-0.2, 0) is 0 Å². The summed E-state index contributed by atoms with van der Waals surface area (Å²) in [5.41, 5.74) is 12.6. The first-order valence-electron chi connectivity index (χ1n) is 23.8. The number of hydrogen-bond acceptors (Lipinski definition) is 1. The van der Waals surface area contributed by atoms with Gasteiger partial charge in [0.1, 0.15) is 0 Å². The van der Waals surface area contributed by atoms with E-state index in [-0.39, 0.29) is 5.78 Å². The Morgan fingerprint density at radius 2 is 0.449 bits per heavy atom. The summed E-state index contributed by atoms with van der Waals surface area (Å²) >= 11 is 0. The van der Waals surface area contributed by atoms with Gasteiger partial charge in [0.15, 0.2) is 0 Å². The van der Waals surface area contributed by atoms with Crippen molar-refractivity contribution >= 4 is 70.4 Å². The van der Waals surface area contributed by atoms with Crippen molar-refractivity contribution in [2.75, 3.05) is 0 Å². The Balaban J connectivity index is 1.34. The van der Waals surface area contributed by atoms with Gasteiger partial charge >= 0.3 is 0 Å². The van der Waals surface area contributed by atoms with Crippen molar-refractivity contribution in [1.29, 1.82) is 0 Å². The van der Waals surface area contributed by atoms with E-state index in [0.717, 1.165) is 132 Å². The van der Waals surface area contributed by atoms with Gasteiger partial charge in [-0.15, -0.1) is 0 Å². The first-order valence-corrected chi connectivity index (χ1v) is 23.8. The van der Waals surface area contributed by atoms with Crippen LogP contribution in [0.15, 0.2) is 249 Å². The van der Waals surface area contributed by atoms with E-state index in [4.69, 9.17) is 0 Å². The highest BCUT2D eigenvalue weighted by molar-refractivity contribution is 6.40. The lowest BCUT2D eigenvalue weighted by Crippen LogP contribution is -2.25. The molecule has 14 rings (SSSR count). The number of carbonyl (C=O) groups excluding carboxylic acids is 1. The molecule has 13 aromatic rings. The number of hydrogen-bond donors (Lipinski definition) is 0. The molecule has 1 aliphatic carbocycles. The zero-order valence-corrected chi connectivity index (χ0v) is 37.6. The molecule has 0 unspecified atom stereocenters. The van der Waals surface area contributed by atoms with Crippen molar-refractivity contribution in [3.05, 3.63) is 282 Å². The van der Waals surface area contributed by atoms with Crippen LogP contribution < -0.4 is 0 Å². The number of carbonyl (C=O) groups is 1. The number of rotatable bonds is 5. The Bertz CT molecular complexity index is 3960. The van der Waals surface area contributed by atoms with Gasteiger partial charge in [-0.1, -0.05) is 200 Å². The molecule has 0 bridgehead atoms. The van der Waals surface area contributed by atoms with Gasteiger partial charge in [-0.25, -0.2) is 0 Å². The lowest BCUT2D eigenvalue weighted by Gasteiger charge is -2.33. The lowest BCUT2D eigenvalue weighted by atomic mass is 9.64. The van der Waals surface area contributed by atoms with Gasteiger partial charge in [-0.3, -0.25) is 4.79 Å². The second kappa shape index (κ2) is 15.5. The molecule has 1 heteroatoms. The second-order valence-corrected chi connectivity index (χ2v) is 18.2. The molecule has 318 valence electrons. The molecule has 0 saturated heterocycles. The summed E-state index contributed by atoms with van der Waals surface area (Å²) in [4.78, 5) is 17.5. The van der Waals surface area contributed by atoms with E-state index < -0.39 is 0 Å². The summed E-state index contributed by atoms with van der Waals surface area (Å²) in [7, 11) is 0. The number of benzene rings is 13. The molecule has 0 spiro atoms. The van der Waals surface area contributed by atoms with E-state index >= 15 is 4.79 Å². The van der Waals surface area contributed by atoms with Gasteiger partial charge in [0.2, 0.25) is 5.78 Å². The topological polar surface area (TPSA) is 17.1 Å². The highest BCUT2D eigenvalue weighted by Gasteiger charge is 2.48. The minimum absolute atomic E-state index is 0.0185. The van der Waals surface area contributed by atoms with Crippen molar-refractivity contribution < 1.29 is 4.79 Å². The summed E-state index contributed by atoms with van der Waals surface area (Å²) in [5.74, 6) is 1.07. The number of ketones is 1. The van der Waals surface area contributed by atoms with Gasteiger partial charge in [0.25, 0.3) is 0 Å². The summed E-state index contributed by atoms with van der Waals surface area (Å²) in [6, 6.07) is 89.2. The van der Waals surface area contributed by atoms with E-state index in [2.05, 4.69) is 249 Å². The summed E-state index contributed by atoms with van der Waals surface area (Å²) in [5, 5.41) is 13.7. The molecule has 13 aromatic carbocycles. The zero-order valence-electron chi connectivity index (χ0n) is 37.6. The molecule has 0 amide bonds. The van der Waals surface area contributed by atoms with Gasteiger partial charge < -0.3 is 0 Å². The maximum Gasteiger partial charge on any atom is 0.242 e. The second-order valence-electron chi connectivity index (χ2n) is 18.2. The number of fused-ring (bicyclic) bond motifs is 14. The molecule has 0 aliphatic heterocycles. The maximum atomic E-state index is 17.5. The van der Waals surface area contributed by atoms with Crippen molar-refractivity contribution in [3.63, 3.8) is 0 Å². The Hall–Kier alpha value is -9.04. The van der Waals surface area contributed by atoms with Crippen LogP contribution in [0, 0.1) is 5.92 Å². The van der Waals surface area contributed by atoms with E-state index in [1.807, 2.05) is 0 Å². The summed E-state index contributed by atoms with van der Waals surface area (Å²) < 4.78 is 0. The van der Waals surface area contributed by atoms with Crippen molar-refractivity contribution in [3.8, 4) is 44.5 Å². The van der Waals surface area contributed by atoms with Crippen molar-refractivity contribution in [2.45, 2.75) is 0 Å². The van der Waals surface area contributed by atoms with Gasteiger partial charge in [-0.05, 0) is 103 Å². The van der Waals surface area contributed by atoms with Gasteiger partial charge in [0, 0.05) is 54.9 Å². The Morgan fingerprint density at radius 1 is 0.217 bits per heavy atom. The van der Waals surface area contributed by atoms with Crippen LogP contribution in [0.1, 0.15) is 32.6 Å². The molecule has 0 radical (unpaired) electrons. The first kappa shape index (κ1) is 39.2. The van der Waals surface area contributed by atoms with Crippen LogP contribution in [-0.4, -0.2) is 5.78 Å². The quantitative estimate of drug-likeness (QED) is 0.124. The zero-order chi connectivity index (χ0) is 45.6. The van der Waals surface area contributed by atoms with Gasteiger partial charge in [0.05, 0.1) is 33.7 Å². The highest BCUT2D eigenvalue weighted by atomic mass is 16.1. The molecule has 1 nitrogen and oxygen atoms in total. The van der Waals surface area contributed by atoms with E-state index in [9.17, 15) is 0 Å². The average molecular weight is 874 g/mol. The predicted molar refractivity (Wildman–Crippen MR) is 290 cm³/mol. The predicted octanol–water partition coefficient (Wildman–Crippen LogP) is 17.8. The van der Waals surface area contributed by atoms with Crippen molar-refractivity contribution in [2.24, 2.45) is 0 Å². The molecular formula is C68H41O+. The smallest absolute Gasteiger partial charge is 0.242 e. The molecule has 0 N–H and O–H groups in total. The van der Waals surface area contributed by atoms with Crippen LogP contribution in [0.4, 0.5) is 0 Å². The van der Waals surface area contributed by atoms with E-state index in [1.54, 1.807) is 0 Å². The third-order valence-electron chi connectivity index (χ3n) is 14.6. The van der Waals surface area contributed by atoms with Crippen LogP contribution in [0.2, 0.25) is 0 Å². The third kappa shape index (κ3) is 5.71. The fourth-order valence-corrected chi connectivity index (χ4v) is 12.0. The molecule has 0 saturated carbocycles. The Labute approximate surface area is 400 Å². The van der Waals surface area contributed by atoms with Crippen LogP contribution in [0.3, 0.4) is 0 Å². The van der Waals surface area contributed by atoms with Gasteiger partial charge in [-0.2, -0.15) is 0 Å². The largest absolute Gasteiger partial charge is 0.275 e. The Kier molecular flexibility index (Phi) is 8.81. The standard InChI is InChI=1S/C68H41O/c69-68-66-57(44-28-10-3-11-29-44)62-53-40-22-18-36-49(53)47-34-16-20-38-51(47)60(62)55(42-24-6-1-7-25-42)64(66)59(46-32-14-5-15-33-46)65-56(43-26-8-2-9-27-43)61-52-39-21-17-35-48(52)50-37-19-23-41-54(50)63(61)58(67(65)68)45-30-12-4-13-31-45/h1-41H/q+1. The third-order valence-corrected chi connectivity index (χ3v) is 14.6. The lowest BCUT2D eigenvalue weighted by molar-refractivity contribution is 0.103. The monoisotopic (exact) mass is 873 g/mol. The van der Waals surface area contributed by atoms with Crippen LogP contribution in [0.25, 0.3) is 109 Å². The van der Waals surface area contributed by atoms with Crippen molar-refractivity contribution in [1.82, 2.24) is 0 Å². The fourth-order valence-electron chi connectivity index (χ4n) is 12.0. The molecular weight excluding hydrogens is 833 g/mol. The highest BCUT2D eigenvalue weighted by Crippen LogP contribution is 2.59. The molecule has 0 atom stereocenters. The molecule has 69 heavy (non-hydrogen) atoms. The van der Waals surface area contributed by atoms with E-state index in [1.165, 1.54) is 10.8 Å². The molecule has 1 aliphatic rings. The molecule has 0 fully saturated rings. The summed E-state index contributed by atoms with van der Waals surface area (Å²) in [6.45, 7) is 0. The molecule has 0 heterocycles. The van der Waals surface area contributed by atoms with Crippen LogP contribution >= 0.6 is 0 Å². The molecule has 0 aromatic heterocycles. The normalized spacial score (nSPS) is 12.3. The maximum absolute atomic E-state index is 17.5. The van der Waals surface area contributed by atoms with E-state index in [0.29, 0.717) is 0 Å². The fraction of sp³-hybridized carbons (Fsp3) is 0. The summed E-state index contributed by atoms with van der Waals surface area (Å²) in [6.07, 6.45) is 0. The average Bonchev–Trinajstić information content (AvgIpc) is 3.43. The minimum atomic E-state index is 0.0185. The first-order chi connectivity index (χ1) is 34.3. The SMILES string of the molecule is O=C1c2c(c(-c3ccccc3)c3c4ccccc4c4ccccc4c3c2-c2ccccc2)[C+](c2ccccc2)c2c1c(-c1ccccc1)c1c3ccccc3c3ccccc3c1c2-c1ccccc1.